The Labute approximate surface area is 138 Å². The van der Waals surface area contributed by atoms with Crippen LogP contribution in [0.25, 0.3) is 11.3 Å². The molecule has 122 valence electrons. The van der Waals surface area contributed by atoms with Gasteiger partial charge in [-0.15, -0.1) is 0 Å². The molecule has 2 aromatic heterocycles. The summed E-state index contributed by atoms with van der Waals surface area (Å²) < 4.78 is 5.95. The highest BCUT2D eigenvalue weighted by Gasteiger charge is 2.21. The molecule has 0 fully saturated rings. The van der Waals surface area contributed by atoms with Gasteiger partial charge in [0, 0.05) is 25.1 Å². The van der Waals surface area contributed by atoms with E-state index < -0.39 is 0 Å². The van der Waals surface area contributed by atoms with Crippen molar-refractivity contribution in [2.24, 2.45) is 0 Å². The molecule has 0 radical (unpaired) electrons. The molecule has 0 amide bonds. The predicted molar refractivity (Wildman–Crippen MR) is 91.2 cm³/mol. The van der Waals surface area contributed by atoms with Gasteiger partial charge in [0.1, 0.15) is 11.5 Å². The van der Waals surface area contributed by atoms with Gasteiger partial charge in [-0.05, 0) is 12.1 Å². The summed E-state index contributed by atoms with van der Waals surface area (Å²) in [5.74, 6) is 1.93. The fraction of sp³-hybridized carbons (Fsp3) is 0.222. The first-order chi connectivity index (χ1) is 11.7. The molecule has 0 saturated heterocycles. The molecule has 1 aliphatic heterocycles. The lowest BCUT2D eigenvalue weighted by Gasteiger charge is -2.26. The van der Waals surface area contributed by atoms with E-state index >= 15 is 0 Å². The molecule has 3 N–H and O–H groups in total. The molecule has 0 aliphatic carbocycles. The summed E-state index contributed by atoms with van der Waals surface area (Å²) >= 11 is 0. The van der Waals surface area contributed by atoms with Crippen LogP contribution in [-0.4, -0.2) is 21.4 Å². The number of nitrogens with one attached hydrogen (secondary N) is 1. The summed E-state index contributed by atoms with van der Waals surface area (Å²) in [5, 5.41) is 0. The van der Waals surface area contributed by atoms with Crippen molar-refractivity contribution in [1.82, 2.24) is 14.9 Å². The summed E-state index contributed by atoms with van der Waals surface area (Å²) in [6.45, 7) is 2.04. The van der Waals surface area contributed by atoms with Gasteiger partial charge in [-0.2, -0.15) is 0 Å². The summed E-state index contributed by atoms with van der Waals surface area (Å²) in [5.41, 5.74) is 8.02. The normalized spacial score (nSPS) is 14.5. The fourth-order valence-corrected chi connectivity index (χ4v) is 3.08. The number of fused-ring (bicyclic) bond motifs is 1. The van der Waals surface area contributed by atoms with Crippen molar-refractivity contribution < 1.29 is 4.42 Å². The Balaban J connectivity index is 1.51. The van der Waals surface area contributed by atoms with Crippen LogP contribution in [0.4, 0.5) is 5.95 Å². The number of hydrogen-bond donors (Lipinski definition) is 2. The van der Waals surface area contributed by atoms with Crippen molar-refractivity contribution in [3.05, 3.63) is 69.8 Å². The molecule has 0 spiro atoms. The second-order valence-corrected chi connectivity index (χ2v) is 5.97. The molecule has 1 aliphatic rings. The third-order valence-electron chi connectivity index (χ3n) is 4.27. The van der Waals surface area contributed by atoms with E-state index in [0.717, 1.165) is 35.7 Å². The molecule has 0 saturated carbocycles. The number of nitrogen functional groups attached to an aromatic ring is 1. The zero-order chi connectivity index (χ0) is 16.5. The molecule has 6 heteroatoms. The first kappa shape index (κ1) is 14.7. The SMILES string of the molecule is Nc1nc2c(c(=O)[nH]1)CN(Cc1ccc(-c3ccccc3)o1)CC2. The molecule has 0 atom stereocenters. The Morgan fingerprint density at radius 2 is 2.04 bits per heavy atom. The van der Waals surface area contributed by atoms with Crippen LogP contribution in [0, 0.1) is 0 Å². The minimum absolute atomic E-state index is 0.147. The highest BCUT2D eigenvalue weighted by Crippen LogP contribution is 2.24. The maximum absolute atomic E-state index is 12.0. The molecule has 24 heavy (non-hydrogen) atoms. The third kappa shape index (κ3) is 2.83. The lowest BCUT2D eigenvalue weighted by Crippen LogP contribution is -2.35. The van der Waals surface area contributed by atoms with Crippen LogP contribution < -0.4 is 11.3 Å². The number of rotatable bonds is 3. The van der Waals surface area contributed by atoms with Gasteiger partial charge < -0.3 is 10.2 Å². The minimum Gasteiger partial charge on any atom is -0.460 e. The van der Waals surface area contributed by atoms with Gasteiger partial charge in [-0.1, -0.05) is 30.3 Å². The summed E-state index contributed by atoms with van der Waals surface area (Å²) in [4.78, 5) is 21.0. The standard InChI is InChI=1S/C18H18N4O2/c19-18-20-15-8-9-22(11-14(15)17(23)21-18)10-13-6-7-16(24-13)12-4-2-1-3-5-12/h1-7H,8-11H2,(H3,19,20,21,23). The van der Waals surface area contributed by atoms with Crippen LogP contribution in [0.15, 0.2) is 51.7 Å². The first-order valence-electron chi connectivity index (χ1n) is 7.93. The lowest BCUT2D eigenvalue weighted by molar-refractivity contribution is 0.223. The van der Waals surface area contributed by atoms with Gasteiger partial charge in [0.15, 0.2) is 0 Å². The van der Waals surface area contributed by atoms with Gasteiger partial charge in [-0.3, -0.25) is 14.7 Å². The molecule has 6 nitrogen and oxygen atoms in total. The molecular formula is C18H18N4O2. The monoisotopic (exact) mass is 322 g/mol. The van der Waals surface area contributed by atoms with E-state index in [1.54, 1.807) is 0 Å². The molecule has 0 unspecified atom stereocenters. The number of benzene rings is 1. The van der Waals surface area contributed by atoms with Gasteiger partial charge in [0.25, 0.3) is 5.56 Å². The number of anilines is 1. The molecule has 3 heterocycles. The number of furan rings is 1. The molecule has 0 bridgehead atoms. The largest absolute Gasteiger partial charge is 0.460 e. The third-order valence-corrected chi connectivity index (χ3v) is 4.27. The van der Waals surface area contributed by atoms with Crippen LogP contribution in [0.1, 0.15) is 17.0 Å². The smallest absolute Gasteiger partial charge is 0.257 e. The summed E-state index contributed by atoms with van der Waals surface area (Å²) in [6.07, 6.45) is 0.718. The quantitative estimate of drug-likeness (QED) is 0.771. The Morgan fingerprint density at radius 1 is 1.21 bits per heavy atom. The zero-order valence-electron chi connectivity index (χ0n) is 13.2. The van der Waals surface area contributed by atoms with Crippen LogP contribution in [0.2, 0.25) is 0 Å². The summed E-state index contributed by atoms with van der Waals surface area (Å²) in [7, 11) is 0. The van der Waals surface area contributed by atoms with Crippen molar-refractivity contribution in [3.8, 4) is 11.3 Å². The van der Waals surface area contributed by atoms with E-state index in [1.807, 2.05) is 42.5 Å². The second kappa shape index (κ2) is 5.98. The van der Waals surface area contributed by atoms with Gasteiger partial charge in [0.2, 0.25) is 5.95 Å². The van der Waals surface area contributed by atoms with Gasteiger partial charge >= 0.3 is 0 Å². The fourth-order valence-electron chi connectivity index (χ4n) is 3.08. The lowest BCUT2D eigenvalue weighted by atomic mass is 10.1. The van der Waals surface area contributed by atoms with Crippen LogP contribution in [0.5, 0.6) is 0 Å². The van der Waals surface area contributed by atoms with Gasteiger partial charge in [-0.25, -0.2) is 4.98 Å². The first-order valence-corrected chi connectivity index (χ1v) is 7.93. The summed E-state index contributed by atoms with van der Waals surface area (Å²) in [6, 6.07) is 14.0. The Bertz CT molecular complexity index is 914. The van der Waals surface area contributed by atoms with Crippen molar-refractivity contribution in [2.45, 2.75) is 19.5 Å². The Morgan fingerprint density at radius 3 is 2.88 bits per heavy atom. The zero-order valence-corrected chi connectivity index (χ0v) is 13.2. The van der Waals surface area contributed by atoms with Crippen molar-refractivity contribution in [2.75, 3.05) is 12.3 Å². The molecular weight excluding hydrogens is 304 g/mol. The predicted octanol–water partition coefficient (Wildman–Crippen LogP) is 2.17. The molecule has 1 aromatic carbocycles. The maximum atomic E-state index is 12.0. The highest BCUT2D eigenvalue weighted by molar-refractivity contribution is 5.57. The van der Waals surface area contributed by atoms with E-state index in [2.05, 4.69) is 14.9 Å². The average Bonchev–Trinajstić information content (AvgIpc) is 3.05. The number of nitrogens with zero attached hydrogens (tertiary/aromatic N) is 2. The van der Waals surface area contributed by atoms with E-state index in [9.17, 15) is 4.79 Å². The Hall–Kier alpha value is -2.86. The van der Waals surface area contributed by atoms with E-state index in [0.29, 0.717) is 18.7 Å². The number of aromatic amines is 1. The number of hydrogen-bond acceptors (Lipinski definition) is 5. The number of nitrogens with two attached hydrogens (primary N) is 1. The number of H-pyrrole nitrogens is 1. The van der Waals surface area contributed by atoms with E-state index in [1.165, 1.54) is 0 Å². The molecule has 3 aromatic rings. The number of aromatic nitrogens is 2. The second-order valence-electron chi connectivity index (χ2n) is 5.97. The molecule has 4 rings (SSSR count). The average molecular weight is 322 g/mol. The van der Waals surface area contributed by atoms with Crippen molar-refractivity contribution in [3.63, 3.8) is 0 Å². The van der Waals surface area contributed by atoms with E-state index in [4.69, 9.17) is 10.2 Å². The minimum atomic E-state index is -0.147. The topological polar surface area (TPSA) is 88.1 Å². The van der Waals surface area contributed by atoms with Crippen LogP contribution in [-0.2, 0) is 19.5 Å². The van der Waals surface area contributed by atoms with Crippen molar-refractivity contribution >= 4 is 5.95 Å². The Kier molecular flexibility index (Phi) is 3.66. The maximum Gasteiger partial charge on any atom is 0.257 e. The van der Waals surface area contributed by atoms with Gasteiger partial charge in [0.05, 0.1) is 17.8 Å². The van der Waals surface area contributed by atoms with Crippen LogP contribution in [0.3, 0.4) is 0 Å². The van der Waals surface area contributed by atoms with Crippen LogP contribution >= 0.6 is 0 Å². The highest BCUT2D eigenvalue weighted by atomic mass is 16.3. The van der Waals surface area contributed by atoms with Crippen molar-refractivity contribution in [1.29, 1.82) is 0 Å². The van der Waals surface area contributed by atoms with E-state index in [-0.39, 0.29) is 11.5 Å².